The van der Waals surface area contributed by atoms with Gasteiger partial charge in [-0.2, -0.15) is 0 Å². The molecule has 126 valence electrons. The predicted octanol–water partition coefficient (Wildman–Crippen LogP) is 2.38. The lowest BCUT2D eigenvalue weighted by Crippen LogP contribution is -2.46. The number of halogens is 1. The molecular formula is C18H25FN2O2. The van der Waals surface area contributed by atoms with E-state index in [9.17, 15) is 14.0 Å². The number of carbonyl (C=O) groups excluding carboxylic acids is 2. The maximum absolute atomic E-state index is 13.5. The van der Waals surface area contributed by atoms with Gasteiger partial charge in [0.1, 0.15) is 5.82 Å². The molecule has 5 heteroatoms. The fourth-order valence-corrected chi connectivity index (χ4v) is 2.92. The Morgan fingerprint density at radius 3 is 2.78 bits per heavy atom. The van der Waals surface area contributed by atoms with Gasteiger partial charge in [-0.3, -0.25) is 9.59 Å². The first-order valence-corrected chi connectivity index (χ1v) is 8.29. The minimum atomic E-state index is -0.242. The Morgan fingerprint density at radius 2 is 2.09 bits per heavy atom. The number of amides is 2. The number of nitrogens with zero attached hydrogens (tertiary/aromatic N) is 1. The molecule has 1 N–H and O–H groups in total. The van der Waals surface area contributed by atoms with Crippen molar-refractivity contribution in [1.82, 2.24) is 10.2 Å². The highest BCUT2D eigenvalue weighted by molar-refractivity contribution is 5.82. The van der Waals surface area contributed by atoms with Gasteiger partial charge in [0.05, 0.1) is 5.92 Å². The minimum Gasteiger partial charge on any atom is -0.355 e. The van der Waals surface area contributed by atoms with Crippen LogP contribution in [0.4, 0.5) is 4.39 Å². The standard InChI is InChI=1S/C18H25FN2O2/c1-13(2)18(23)21-11-5-7-15(12-21)17(22)20-10-9-14-6-3-4-8-16(14)19/h3-4,6,8,13,15H,5,7,9-12H2,1-2H3,(H,20,22)/t15-/m1/s1. The van der Waals surface area contributed by atoms with E-state index in [4.69, 9.17) is 0 Å². The maximum atomic E-state index is 13.5. The van der Waals surface area contributed by atoms with Crippen molar-refractivity contribution in [3.8, 4) is 0 Å². The van der Waals surface area contributed by atoms with E-state index in [1.54, 1.807) is 23.1 Å². The molecule has 1 heterocycles. The normalized spacial score (nSPS) is 18.1. The summed E-state index contributed by atoms with van der Waals surface area (Å²) in [5, 5.41) is 2.87. The molecule has 0 unspecified atom stereocenters. The SMILES string of the molecule is CC(C)C(=O)N1CCC[C@@H](C(=O)NCCc2ccccc2F)C1. The van der Waals surface area contributed by atoms with Crippen LogP contribution in [0.1, 0.15) is 32.3 Å². The first kappa shape index (κ1) is 17.4. The highest BCUT2D eigenvalue weighted by Gasteiger charge is 2.29. The van der Waals surface area contributed by atoms with Crippen LogP contribution in [0.3, 0.4) is 0 Å². The van der Waals surface area contributed by atoms with Crippen molar-refractivity contribution in [2.45, 2.75) is 33.1 Å². The highest BCUT2D eigenvalue weighted by atomic mass is 19.1. The van der Waals surface area contributed by atoms with Crippen LogP contribution in [-0.2, 0) is 16.0 Å². The van der Waals surface area contributed by atoms with Crippen molar-refractivity contribution in [3.63, 3.8) is 0 Å². The van der Waals surface area contributed by atoms with E-state index in [0.717, 1.165) is 19.4 Å². The average molecular weight is 320 g/mol. The first-order chi connectivity index (χ1) is 11.0. The summed E-state index contributed by atoms with van der Waals surface area (Å²) >= 11 is 0. The molecule has 1 aromatic carbocycles. The fourth-order valence-electron chi connectivity index (χ4n) is 2.92. The second kappa shape index (κ2) is 8.09. The van der Waals surface area contributed by atoms with E-state index in [1.165, 1.54) is 6.07 Å². The molecule has 23 heavy (non-hydrogen) atoms. The van der Waals surface area contributed by atoms with Crippen LogP contribution in [-0.4, -0.2) is 36.3 Å². The lowest BCUT2D eigenvalue weighted by Gasteiger charge is -2.33. The number of hydrogen-bond acceptors (Lipinski definition) is 2. The summed E-state index contributed by atoms with van der Waals surface area (Å²) < 4.78 is 13.5. The molecule has 1 aliphatic rings. The first-order valence-electron chi connectivity index (χ1n) is 8.29. The van der Waals surface area contributed by atoms with Gasteiger partial charge < -0.3 is 10.2 Å². The summed E-state index contributed by atoms with van der Waals surface area (Å²) in [6.45, 7) is 5.38. The third kappa shape index (κ3) is 4.78. The largest absolute Gasteiger partial charge is 0.355 e. The summed E-state index contributed by atoms with van der Waals surface area (Å²) in [5.74, 6) is -0.380. The van der Waals surface area contributed by atoms with Crippen LogP contribution >= 0.6 is 0 Å². The van der Waals surface area contributed by atoms with Crippen LogP contribution < -0.4 is 5.32 Å². The topological polar surface area (TPSA) is 49.4 Å². The number of benzene rings is 1. The molecule has 0 radical (unpaired) electrons. The van der Waals surface area contributed by atoms with Crippen LogP contribution in [0.25, 0.3) is 0 Å². The van der Waals surface area contributed by atoms with Crippen LogP contribution in [0.5, 0.6) is 0 Å². The fraction of sp³-hybridized carbons (Fsp3) is 0.556. The number of hydrogen-bond donors (Lipinski definition) is 1. The molecule has 1 fully saturated rings. The third-order valence-corrected chi connectivity index (χ3v) is 4.25. The Labute approximate surface area is 137 Å². The highest BCUT2D eigenvalue weighted by Crippen LogP contribution is 2.18. The van der Waals surface area contributed by atoms with Gasteiger partial charge in [-0.1, -0.05) is 32.0 Å². The van der Waals surface area contributed by atoms with E-state index >= 15 is 0 Å². The van der Waals surface area contributed by atoms with Gasteiger partial charge in [0, 0.05) is 25.6 Å². The van der Waals surface area contributed by atoms with Gasteiger partial charge in [-0.15, -0.1) is 0 Å². The third-order valence-electron chi connectivity index (χ3n) is 4.25. The van der Waals surface area contributed by atoms with Crippen molar-refractivity contribution >= 4 is 11.8 Å². The second-order valence-corrected chi connectivity index (χ2v) is 6.41. The molecular weight excluding hydrogens is 295 g/mol. The van der Waals surface area contributed by atoms with Gasteiger partial charge in [0.25, 0.3) is 0 Å². The number of carbonyl (C=O) groups is 2. The molecule has 0 spiro atoms. The number of nitrogens with one attached hydrogen (secondary N) is 1. The van der Waals surface area contributed by atoms with E-state index < -0.39 is 0 Å². The Hall–Kier alpha value is -1.91. The Bertz CT molecular complexity index is 560. The zero-order valence-electron chi connectivity index (χ0n) is 13.8. The number of piperidine rings is 1. The van der Waals surface area contributed by atoms with E-state index in [2.05, 4.69) is 5.32 Å². The van der Waals surface area contributed by atoms with Gasteiger partial charge in [-0.25, -0.2) is 4.39 Å². The zero-order valence-corrected chi connectivity index (χ0v) is 13.8. The van der Waals surface area contributed by atoms with E-state index in [1.807, 2.05) is 13.8 Å². The van der Waals surface area contributed by atoms with Gasteiger partial charge in [-0.05, 0) is 30.9 Å². The molecule has 1 aliphatic heterocycles. The molecule has 2 amide bonds. The second-order valence-electron chi connectivity index (χ2n) is 6.41. The van der Waals surface area contributed by atoms with Crippen molar-refractivity contribution < 1.29 is 14.0 Å². The van der Waals surface area contributed by atoms with Gasteiger partial charge in [0.2, 0.25) is 11.8 Å². The van der Waals surface area contributed by atoms with Crippen molar-refractivity contribution in [2.75, 3.05) is 19.6 Å². The van der Waals surface area contributed by atoms with Crippen LogP contribution in [0, 0.1) is 17.7 Å². The average Bonchev–Trinajstić information content (AvgIpc) is 2.55. The molecule has 4 nitrogen and oxygen atoms in total. The molecule has 0 bridgehead atoms. The quantitative estimate of drug-likeness (QED) is 0.905. The van der Waals surface area contributed by atoms with Crippen LogP contribution in [0.2, 0.25) is 0 Å². The smallest absolute Gasteiger partial charge is 0.225 e. The molecule has 0 saturated carbocycles. The Balaban J connectivity index is 1.81. The zero-order chi connectivity index (χ0) is 16.8. The lowest BCUT2D eigenvalue weighted by molar-refractivity contribution is -0.138. The Morgan fingerprint density at radius 1 is 1.35 bits per heavy atom. The van der Waals surface area contributed by atoms with Crippen molar-refractivity contribution in [2.24, 2.45) is 11.8 Å². The van der Waals surface area contributed by atoms with Crippen molar-refractivity contribution in [1.29, 1.82) is 0 Å². The molecule has 1 atom stereocenters. The summed E-state index contributed by atoms with van der Waals surface area (Å²) in [6, 6.07) is 6.59. The summed E-state index contributed by atoms with van der Waals surface area (Å²) in [6.07, 6.45) is 2.12. The van der Waals surface area contributed by atoms with Crippen LogP contribution in [0.15, 0.2) is 24.3 Å². The minimum absolute atomic E-state index is 0.0393. The molecule has 0 aromatic heterocycles. The summed E-state index contributed by atoms with van der Waals surface area (Å²) in [4.78, 5) is 26.1. The lowest BCUT2D eigenvalue weighted by atomic mass is 9.96. The van der Waals surface area contributed by atoms with E-state index in [0.29, 0.717) is 25.1 Å². The summed E-state index contributed by atoms with van der Waals surface area (Å²) in [5.41, 5.74) is 0.605. The number of likely N-dealkylation sites (tertiary alicyclic amines) is 1. The van der Waals surface area contributed by atoms with Gasteiger partial charge in [0.15, 0.2) is 0 Å². The van der Waals surface area contributed by atoms with Crippen molar-refractivity contribution in [3.05, 3.63) is 35.6 Å². The predicted molar refractivity (Wildman–Crippen MR) is 87.3 cm³/mol. The maximum Gasteiger partial charge on any atom is 0.225 e. The summed E-state index contributed by atoms with van der Waals surface area (Å²) in [7, 11) is 0. The molecule has 2 rings (SSSR count). The molecule has 0 aliphatic carbocycles. The van der Waals surface area contributed by atoms with E-state index in [-0.39, 0.29) is 29.5 Å². The molecule has 1 saturated heterocycles. The number of rotatable bonds is 5. The Kier molecular flexibility index (Phi) is 6.13. The monoisotopic (exact) mass is 320 g/mol. The molecule has 1 aromatic rings. The van der Waals surface area contributed by atoms with Gasteiger partial charge >= 0.3 is 0 Å².